The molecule has 1 saturated heterocycles. The fourth-order valence-electron chi connectivity index (χ4n) is 2.73. The molecule has 1 aromatic carbocycles. The zero-order valence-electron chi connectivity index (χ0n) is 14.2. The molecule has 25 heavy (non-hydrogen) atoms. The number of halogens is 2. The predicted molar refractivity (Wildman–Crippen MR) is 87.8 cm³/mol. The van der Waals surface area contributed by atoms with Gasteiger partial charge in [-0.25, -0.2) is 8.78 Å². The van der Waals surface area contributed by atoms with Crippen LogP contribution in [0.15, 0.2) is 18.2 Å². The first kappa shape index (κ1) is 19.3. The Morgan fingerprint density at radius 1 is 1.28 bits per heavy atom. The van der Waals surface area contributed by atoms with Crippen molar-refractivity contribution in [3.05, 3.63) is 35.4 Å². The summed E-state index contributed by atoms with van der Waals surface area (Å²) in [4.78, 5) is 24.6. The normalized spacial score (nSPS) is 21.2. The largest absolute Gasteiger partial charge is 0.391 e. The molecule has 138 valence electrons. The summed E-state index contributed by atoms with van der Waals surface area (Å²) in [5.41, 5.74) is -0.712. The van der Waals surface area contributed by atoms with Crippen LogP contribution >= 0.6 is 0 Å². The number of rotatable bonds is 6. The lowest BCUT2D eigenvalue weighted by atomic mass is 10.0. The van der Waals surface area contributed by atoms with E-state index in [1.807, 2.05) is 0 Å². The number of aliphatic hydroxyl groups excluding tert-OH is 1. The van der Waals surface area contributed by atoms with Crippen molar-refractivity contribution in [2.45, 2.75) is 26.0 Å². The highest BCUT2D eigenvalue weighted by atomic mass is 19.1. The second-order valence-electron chi connectivity index (χ2n) is 6.52. The van der Waals surface area contributed by atoms with E-state index < -0.39 is 41.2 Å². The van der Waals surface area contributed by atoms with Gasteiger partial charge in [0.05, 0.1) is 6.10 Å². The monoisotopic (exact) mass is 355 g/mol. The van der Waals surface area contributed by atoms with Crippen molar-refractivity contribution in [2.24, 2.45) is 11.8 Å². The average Bonchev–Trinajstić information content (AvgIpc) is 2.95. The van der Waals surface area contributed by atoms with Gasteiger partial charge in [0, 0.05) is 25.6 Å². The lowest BCUT2D eigenvalue weighted by molar-refractivity contribution is -0.124. The van der Waals surface area contributed by atoms with Gasteiger partial charge >= 0.3 is 0 Å². The molecule has 8 heteroatoms. The zero-order valence-corrected chi connectivity index (χ0v) is 14.2. The van der Waals surface area contributed by atoms with Crippen LogP contribution in [0.1, 0.15) is 24.2 Å². The number of hydrogen-bond acceptors (Lipinski definition) is 4. The zero-order chi connectivity index (χ0) is 18.6. The fraction of sp³-hybridized carbons (Fsp3) is 0.529. The van der Waals surface area contributed by atoms with Crippen LogP contribution in [-0.4, -0.2) is 48.7 Å². The highest BCUT2D eigenvalue weighted by Gasteiger charge is 2.29. The molecule has 1 fully saturated rings. The van der Waals surface area contributed by atoms with Crippen molar-refractivity contribution >= 4 is 11.8 Å². The van der Waals surface area contributed by atoms with Crippen molar-refractivity contribution < 1.29 is 23.5 Å². The maximum atomic E-state index is 13.7. The van der Waals surface area contributed by atoms with Crippen LogP contribution in [0.4, 0.5) is 8.78 Å². The number of hydrogen-bond donors (Lipinski definition) is 4. The van der Waals surface area contributed by atoms with E-state index in [2.05, 4.69) is 16.0 Å². The molecule has 3 unspecified atom stereocenters. The summed E-state index contributed by atoms with van der Waals surface area (Å²) in [5, 5.41) is 17.8. The third-order valence-electron chi connectivity index (χ3n) is 4.27. The van der Waals surface area contributed by atoms with Crippen LogP contribution in [0.25, 0.3) is 0 Å². The van der Waals surface area contributed by atoms with Gasteiger partial charge in [-0.2, -0.15) is 0 Å². The Morgan fingerprint density at radius 2 is 1.92 bits per heavy atom. The third-order valence-corrected chi connectivity index (χ3v) is 4.27. The van der Waals surface area contributed by atoms with Gasteiger partial charge in [-0.05, 0) is 18.1 Å². The van der Waals surface area contributed by atoms with Gasteiger partial charge in [-0.1, -0.05) is 19.9 Å². The summed E-state index contributed by atoms with van der Waals surface area (Å²) in [6, 6.07) is 2.18. The molecule has 1 aliphatic rings. The third kappa shape index (κ3) is 4.73. The van der Waals surface area contributed by atoms with E-state index in [1.54, 1.807) is 13.8 Å². The van der Waals surface area contributed by atoms with Crippen LogP contribution in [0.2, 0.25) is 0 Å². The Balaban J connectivity index is 2.02. The van der Waals surface area contributed by atoms with Crippen LogP contribution < -0.4 is 16.0 Å². The SMILES string of the molecule is CC(C)C(NC(=O)c1c(F)cccc1F)C(=O)NCC1CNCC1O. The van der Waals surface area contributed by atoms with Crippen molar-refractivity contribution in [3.63, 3.8) is 0 Å². The number of β-amino-alcohol motifs (C(OH)–C–C–N with tert-alkyl or cyclic N) is 1. The number of benzene rings is 1. The molecule has 4 N–H and O–H groups in total. The molecule has 2 amide bonds. The highest BCUT2D eigenvalue weighted by Crippen LogP contribution is 2.13. The summed E-state index contributed by atoms with van der Waals surface area (Å²) in [6.45, 7) is 4.74. The van der Waals surface area contributed by atoms with E-state index in [9.17, 15) is 23.5 Å². The minimum absolute atomic E-state index is 0.114. The molecule has 3 atom stereocenters. The molecule has 0 saturated carbocycles. The van der Waals surface area contributed by atoms with Crippen molar-refractivity contribution in [3.8, 4) is 0 Å². The molecule has 0 bridgehead atoms. The number of nitrogens with one attached hydrogen (secondary N) is 3. The molecule has 1 heterocycles. The standard InChI is InChI=1S/C17H23F2N3O3/c1-9(2)15(17(25)21-7-10-6-20-8-13(10)23)22-16(24)14-11(18)4-3-5-12(14)19/h3-5,9-10,13,15,20,23H,6-8H2,1-2H3,(H,21,25)(H,22,24). The Hall–Kier alpha value is -2.06. The van der Waals surface area contributed by atoms with Gasteiger partial charge < -0.3 is 21.1 Å². The summed E-state index contributed by atoms with van der Waals surface area (Å²) in [6.07, 6.45) is -0.542. The number of carbonyl (C=O) groups is 2. The lowest BCUT2D eigenvalue weighted by Crippen LogP contribution is -2.51. The second kappa shape index (κ2) is 8.35. The quantitative estimate of drug-likeness (QED) is 0.595. The molecular weight excluding hydrogens is 332 g/mol. The van der Waals surface area contributed by atoms with E-state index in [0.717, 1.165) is 18.2 Å². The summed E-state index contributed by atoms with van der Waals surface area (Å²) >= 11 is 0. The first-order valence-corrected chi connectivity index (χ1v) is 8.22. The van der Waals surface area contributed by atoms with Gasteiger partial charge in [-0.15, -0.1) is 0 Å². The molecule has 6 nitrogen and oxygen atoms in total. The molecule has 1 aromatic rings. The molecule has 0 spiro atoms. The molecule has 0 aromatic heterocycles. The smallest absolute Gasteiger partial charge is 0.257 e. The van der Waals surface area contributed by atoms with Gasteiger partial charge in [-0.3, -0.25) is 9.59 Å². The Bertz CT molecular complexity index is 619. The van der Waals surface area contributed by atoms with Crippen molar-refractivity contribution in [1.82, 2.24) is 16.0 Å². The predicted octanol–water partition coefficient (Wildman–Crippen LogP) is 0.416. The summed E-state index contributed by atoms with van der Waals surface area (Å²) < 4.78 is 27.4. The first-order valence-electron chi connectivity index (χ1n) is 8.22. The molecule has 2 rings (SSSR count). The summed E-state index contributed by atoms with van der Waals surface area (Å²) in [7, 11) is 0. The topological polar surface area (TPSA) is 90.5 Å². The van der Waals surface area contributed by atoms with E-state index >= 15 is 0 Å². The van der Waals surface area contributed by atoms with E-state index in [-0.39, 0.29) is 18.4 Å². The van der Waals surface area contributed by atoms with Crippen molar-refractivity contribution in [1.29, 1.82) is 0 Å². The second-order valence-corrected chi connectivity index (χ2v) is 6.52. The van der Waals surface area contributed by atoms with E-state index in [1.165, 1.54) is 0 Å². The first-order chi connectivity index (χ1) is 11.8. The maximum Gasteiger partial charge on any atom is 0.257 e. The number of carbonyl (C=O) groups excluding carboxylic acids is 2. The highest BCUT2D eigenvalue weighted by molar-refractivity contribution is 5.98. The maximum absolute atomic E-state index is 13.7. The lowest BCUT2D eigenvalue weighted by Gasteiger charge is -2.23. The Morgan fingerprint density at radius 3 is 2.44 bits per heavy atom. The Kier molecular flexibility index (Phi) is 6.44. The molecule has 1 aliphatic heterocycles. The molecule has 0 aliphatic carbocycles. The van der Waals surface area contributed by atoms with Crippen LogP contribution in [0.3, 0.4) is 0 Å². The van der Waals surface area contributed by atoms with Gasteiger partial charge in [0.15, 0.2) is 0 Å². The number of amides is 2. The van der Waals surface area contributed by atoms with Gasteiger partial charge in [0.25, 0.3) is 5.91 Å². The van der Waals surface area contributed by atoms with Gasteiger partial charge in [0.1, 0.15) is 23.2 Å². The molecule has 0 radical (unpaired) electrons. The number of aliphatic hydroxyl groups is 1. The molecular formula is C17H23F2N3O3. The van der Waals surface area contributed by atoms with Crippen LogP contribution in [0, 0.1) is 23.5 Å². The minimum Gasteiger partial charge on any atom is -0.391 e. The average molecular weight is 355 g/mol. The van der Waals surface area contributed by atoms with Crippen molar-refractivity contribution in [2.75, 3.05) is 19.6 Å². The van der Waals surface area contributed by atoms with E-state index in [0.29, 0.717) is 13.1 Å². The van der Waals surface area contributed by atoms with Crippen LogP contribution in [0.5, 0.6) is 0 Å². The fourth-order valence-corrected chi connectivity index (χ4v) is 2.73. The Labute approximate surface area is 145 Å². The van der Waals surface area contributed by atoms with Gasteiger partial charge in [0.2, 0.25) is 5.91 Å². The van der Waals surface area contributed by atoms with E-state index in [4.69, 9.17) is 0 Å². The van der Waals surface area contributed by atoms with Crippen LogP contribution in [-0.2, 0) is 4.79 Å². The minimum atomic E-state index is -0.986. The summed E-state index contributed by atoms with van der Waals surface area (Å²) in [5.74, 6) is -3.81.